The van der Waals surface area contributed by atoms with E-state index in [0.29, 0.717) is 6.42 Å². The molecule has 0 aromatic heterocycles. The number of aliphatic hydroxyl groups excluding tert-OH is 1. The van der Waals surface area contributed by atoms with Gasteiger partial charge in [0.15, 0.2) is 0 Å². The Labute approximate surface area is 105 Å². The van der Waals surface area contributed by atoms with Gasteiger partial charge < -0.3 is 15.3 Å². The highest BCUT2D eigenvalue weighted by Crippen LogP contribution is 2.01. The summed E-state index contributed by atoms with van der Waals surface area (Å²) in [5, 5.41) is 11.9. The topological polar surface area (TPSA) is 52.6 Å². The van der Waals surface area contributed by atoms with Crippen LogP contribution >= 0.6 is 0 Å². The van der Waals surface area contributed by atoms with E-state index in [1.54, 1.807) is 4.90 Å². The largest absolute Gasteiger partial charge is 0.396 e. The molecule has 0 unspecified atom stereocenters. The van der Waals surface area contributed by atoms with Crippen molar-refractivity contribution in [3.8, 4) is 0 Å². The summed E-state index contributed by atoms with van der Waals surface area (Å²) in [6, 6.07) is 0. The van der Waals surface area contributed by atoms with E-state index in [1.807, 2.05) is 7.05 Å². The molecule has 0 spiro atoms. The highest BCUT2D eigenvalue weighted by Gasteiger charge is 2.11. The van der Waals surface area contributed by atoms with Gasteiger partial charge in [-0.05, 0) is 40.0 Å². The number of nitrogens with one attached hydrogen (secondary N) is 1. The van der Waals surface area contributed by atoms with E-state index in [2.05, 4.69) is 26.1 Å². The zero-order chi connectivity index (χ0) is 13.3. The lowest BCUT2D eigenvalue weighted by molar-refractivity contribution is -0.129. The molecule has 0 aromatic carbocycles. The molecule has 0 fully saturated rings. The first-order valence-electron chi connectivity index (χ1n) is 6.46. The molecule has 2 N–H and O–H groups in total. The summed E-state index contributed by atoms with van der Waals surface area (Å²) in [6.07, 6.45) is 3.32. The molecule has 0 aliphatic carbocycles. The molecule has 0 bridgehead atoms. The van der Waals surface area contributed by atoms with Crippen LogP contribution < -0.4 is 5.32 Å². The normalized spacial score (nSPS) is 11.6. The molecule has 0 radical (unpaired) electrons. The second-order valence-corrected chi connectivity index (χ2v) is 5.53. The first-order chi connectivity index (χ1) is 7.87. The predicted molar refractivity (Wildman–Crippen MR) is 70.9 cm³/mol. The van der Waals surface area contributed by atoms with Gasteiger partial charge in [-0.3, -0.25) is 4.79 Å². The summed E-state index contributed by atoms with van der Waals surface area (Å²) in [5.41, 5.74) is 0.0694. The fraction of sp³-hybridized carbons (Fsp3) is 0.923. The van der Waals surface area contributed by atoms with Crippen LogP contribution in [0.4, 0.5) is 0 Å². The van der Waals surface area contributed by atoms with Crippen LogP contribution in [0, 0.1) is 0 Å². The van der Waals surface area contributed by atoms with Gasteiger partial charge in [0, 0.05) is 38.7 Å². The molecule has 102 valence electrons. The minimum atomic E-state index is 0.0694. The van der Waals surface area contributed by atoms with E-state index in [-0.39, 0.29) is 18.1 Å². The Morgan fingerprint density at radius 2 is 1.88 bits per heavy atom. The summed E-state index contributed by atoms with van der Waals surface area (Å²) in [7, 11) is 1.85. The highest BCUT2D eigenvalue weighted by molar-refractivity contribution is 5.76. The van der Waals surface area contributed by atoms with Gasteiger partial charge in [0.25, 0.3) is 0 Å². The third-order valence-electron chi connectivity index (χ3n) is 2.57. The average Bonchev–Trinajstić information content (AvgIpc) is 2.22. The van der Waals surface area contributed by atoms with E-state index in [0.717, 1.165) is 32.4 Å². The molecule has 4 nitrogen and oxygen atoms in total. The number of carbonyl (C=O) groups is 1. The fourth-order valence-corrected chi connectivity index (χ4v) is 1.50. The number of rotatable bonds is 8. The lowest BCUT2D eigenvalue weighted by Gasteiger charge is -2.22. The van der Waals surface area contributed by atoms with Crippen LogP contribution in [0.15, 0.2) is 0 Å². The third kappa shape index (κ3) is 10.3. The first-order valence-corrected chi connectivity index (χ1v) is 6.46. The van der Waals surface area contributed by atoms with Crippen molar-refractivity contribution in [3.05, 3.63) is 0 Å². The molecule has 0 aliphatic heterocycles. The molecule has 0 atom stereocenters. The maximum absolute atomic E-state index is 11.7. The Morgan fingerprint density at radius 3 is 2.41 bits per heavy atom. The smallest absolute Gasteiger partial charge is 0.223 e. The van der Waals surface area contributed by atoms with Crippen LogP contribution in [-0.4, -0.2) is 48.2 Å². The standard InChI is InChI=1S/C13H28N2O2/c1-13(2,3)14-9-8-12(17)15(4)10-6-5-7-11-16/h14,16H,5-11H2,1-4H3. The minimum Gasteiger partial charge on any atom is -0.396 e. The average molecular weight is 244 g/mol. The lowest BCUT2D eigenvalue weighted by Crippen LogP contribution is -2.39. The van der Waals surface area contributed by atoms with E-state index in [9.17, 15) is 4.79 Å². The van der Waals surface area contributed by atoms with Crippen LogP contribution in [0.5, 0.6) is 0 Å². The predicted octanol–water partition coefficient (Wildman–Crippen LogP) is 1.39. The number of nitrogens with zero attached hydrogens (tertiary/aromatic N) is 1. The summed E-state index contributed by atoms with van der Waals surface area (Å²) >= 11 is 0. The zero-order valence-electron chi connectivity index (χ0n) is 11.8. The van der Waals surface area contributed by atoms with Gasteiger partial charge in [0.2, 0.25) is 5.91 Å². The van der Waals surface area contributed by atoms with Gasteiger partial charge in [-0.1, -0.05) is 0 Å². The van der Waals surface area contributed by atoms with E-state index in [1.165, 1.54) is 0 Å². The minimum absolute atomic E-state index is 0.0694. The van der Waals surface area contributed by atoms with Crippen molar-refractivity contribution in [1.29, 1.82) is 0 Å². The molecule has 0 saturated carbocycles. The highest BCUT2D eigenvalue weighted by atomic mass is 16.2. The molecule has 4 heteroatoms. The molecule has 1 amide bonds. The molecular formula is C13H28N2O2. The Hall–Kier alpha value is -0.610. The van der Waals surface area contributed by atoms with Gasteiger partial charge in [0.05, 0.1) is 0 Å². The number of hydrogen-bond donors (Lipinski definition) is 2. The monoisotopic (exact) mass is 244 g/mol. The number of carbonyl (C=O) groups excluding carboxylic acids is 1. The van der Waals surface area contributed by atoms with Crippen molar-refractivity contribution in [1.82, 2.24) is 10.2 Å². The molecule has 0 aliphatic rings. The van der Waals surface area contributed by atoms with Crippen LogP contribution in [-0.2, 0) is 4.79 Å². The number of aliphatic hydroxyl groups is 1. The quantitative estimate of drug-likeness (QED) is 0.634. The van der Waals surface area contributed by atoms with Gasteiger partial charge in [-0.15, -0.1) is 0 Å². The Balaban J connectivity index is 3.60. The Bertz CT molecular complexity index is 212. The Morgan fingerprint density at radius 1 is 1.24 bits per heavy atom. The van der Waals surface area contributed by atoms with Crippen molar-refractivity contribution in [2.24, 2.45) is 0 Å². The van der Waals surface area contributed by atoms with Crippen LogP contribution in [0.25, 0.3) is 0 Å². The van der Waals surface area contributed by atoms with Crippen molar-refractivity contribution in [2.75, 3.05) is 26.7 Å². The Kier molecular flexibility index (Phi) is 8.17. The summed E-state index contributed by atoms with van der Waals surface area (Å²) in [6.45, 7) is 8.03. The lowest BCUT2D eigenvalue weighted by atomic mass is 10.1. The maximum Gasteiger partial charge on any atom is 0.223 e. The fourth-order valence-electron chi connectivity index (χ4n) is 1.50. The van der Waals surface area contributed by atoms with Crippen LogP contribution in [0.3, 0.4) is 0 Å². The molecular weight excluding hydrogens is 216 g/mol. The van der Waals surface area contributed by atoms with Gasteiger partial charge >= 0.3 is 0 Å². The van der Waals surface area contributed by atoms with E-state index >= 15 is 0 Å². The second kappa shape index (κ2) is 8.48. The summed E-state index contributed by atoms with van der Waals surface area (Å²) in [5.74, 6) is 0.186. The molecule has 0 rings (SSSR count). The summed E-state index contributed by atoms with van der Waals surface area (Å²) < 4.78 is 0. The number of hydrogen-bond acceptors (Lipinski definition) is 3. The van der Waals surface area contributed by atoms with Gasteiger partial charge in [-0.25, -0.2) is 0 Å². The van der Waals surface area contributed by atoms with Gasteiger partial charge in [0.1, 0.15) is 0 Å². The van der Waals surface area contributed by atoms with E-state index < -0.39 is 0 Å². The van der Waals surface area contributed by atoms with Crippen molar-refractivity contribution < 1.29 is 9.90 Å². The zero-order valence-corrected chi connectivity index (χ0v) is 11.8. The molecule has 0 heterocycles. The van der Waals surface area contributed by atoms with Crippen molar-refractivity contribution in [3.63, 3.8) is 0 Å². The molecule has 0 aromatic rings. The number of unbranched alkanes of at least 4 members (excludes halogenated alkanes) is 2. The second-order valence-electron chi connectivity index (χ2n) is 5.53. The first kappa shape index (κ1) is 16.4. The van der Waals surface area contributed by atoms with Crippen molar-refractivity contribution in [2.45, 2.75) is 52.0 Å². The van der Waals surface area contributed by atoms with E-state index in [4.69, 9.17) is 5.11 Å². The molecule has 17 heavy (non-hydrogen) atoms. The third-order valence-corrected chi connectivity index (χ3v) is 2.57. The van der Waals surface area contributed by atoms with Gasteiger partial charge in [-0.2, -0.15) is 0 Å². The maximum atomic E-state index is 11.7. The number of amides is 1. The van der Waals surface area contributed by atoms with Crippen LogP contribution in [0.2, 0.25) is 0 Å². The van der Waals surface area contributed by atoms with Crippen LogP contribution in [0.1, 0.15) is 46.5 Å². The SMILES string of the molecule is CN(CCCCCO)C(=O)CCNC(C)(C)C. The summed E-state index contributed by atoms with van der Waals surface area (Å²) in [4.78, 5) is 13.5. The van der Waals surface area contributed by atoms with Crippen molar-refractivity contribution >= 4 is 5.91 Å². The molecule has 0 saturated heterocycles.